The van der Waals surface area contributed by atoms with Gasteiger partial charge in [-0.3, -0.25) is 4.79 Å². The van der Waals surface area contributed by atoms with E-state index in [1.807, 2.05) is 31.2 Å². The Hall–Kier alpha value is -1.51. The molecule has 1 aromatic carbocycles. The summed E-state index contributed by atoms with van der Waals surface area (Å²) in [6.07, 6.45) is 2.40. The third-order valence-electron chi connectivity index (χ3n) is 1.79. The molecule has 2 radical (unpaired) electrons. The third-order valence-corrected chi connectivity index (χ3v) is 1.79. The Morgan fingerprint density at radius 2 is 2.15 bits per heavy atom. The van der Waals surface area contributed by atoms with Crippen LogP contribution in [-0.2, 0) is 4.79 Å². The maximum atomic E-state index is 10.4. The van der Waals surface area contributed by atoms with Crippen LogP contribution in [-0.4, -0.2) is 14.3 Å². The fraction of sp³-hybridized carbons (Fsp3) is 0.100. The van der Waals surface area contributed by atoms with E-state index in [2.05, 4.69) is 5.23 Å². The summed E-state index contributed by atoms with van der Waals surface area (Å²) >= 11 is 0. The number of nitrogens with one attached hydrogen (secondary N) is 1. The number of carbonyl (C=O) groups is 1. The first kappa shape index (κ1) is 9.58. The second-order valence-electron chi connectivity index (χ2n) is 2.72. The second-order valence-corrected chi connectivity index (χ2v) is 2.72. The number of hydrogen-bond acceptors (Lipinski definition) is 2. The van der Waals surface area contributed by atoms with Gasteiger partial charge in [0, 0.05) is 0 Å². The van der Waals surface area contributed by atoms with E-state index < -0.39 is 0 Å². The van der Waals surface area contributed by atoms with Crippen LogP contribution in [0.5, 0.6) is 0 Å². The molecule has 0 aliphatic carbocycles. The molecule has 13 heavy (non-hydrogen) atoms. The van der Waals surface area contributed by atoms with Gasteiger partial charge in [0.05, 0.1) is 5.70 Å². The van der Waals surface area contributed by atoms with Gasteiger partial charge in [-0.2, -0.15) is 0 Å². The molecule has 64 valence electrons. The van der Waals surface area contributed by atoms with E-state index in [4.69, 9.17) is 7.98 Å². The minimum Gasteiger partial charge on any atom is -0.435 e. The van der Waals surface area contributed by atoms with Crippen LogP contribution in [0.3, 0.4) is 0 Å². The monoisotopic (exact) mass is 171 g/mol. The van der Waals surface area contributed by atoms with Crippen molar-refractivity contribution >= 4 is 20.3 Å². The molecule has 0 bridgehead atoms. The van der Waals surface area contributed by atoms with Gasteiger partial charge >= 0.3 is 0 Å². The average molecular weight is 171 g/mol. The zero-order valence-corrected chi connectivity index (χ0v) is 7.45. The highest BCUT2D eigenvalue weighted by Crippen LogP contribution is 2.09. The second kappa shape index (κ2) is 4.50. The minimum atomic E-state index is 0.370. The topological polar surface area (TPSA) is 29.1 Å². The summed E-state index contributed by atoms with van der Waals surface area (Å²) in [6, 6.07) is 7.77. The van der Waals surface area contributed by atoms with Crippen molar-refractivity contribution < 1.29 is 4.79 Å². The van der Waals surface area contributed by atoms with Gasteiger partial charge in [0.2, 0.25) is 7.98 Å². The van der Waals surface area contributed by atoms with Crippen molar-refractivity contribution in [1.82, 2.24) is 5.23 Å². The molecular weight excluding hydrogens is 161 g/mol. The largest absolute Gasteiger partial charge is 0.435 e. The fourth-order valence-corrected chi connectivity index (χ4v) is 1.03. The number of benzene rings is 1. The highest BCUT2D eigenvalue weighted by Gasteiger charge is 1.94. The molecular formula is C10H10BNO. The number of aldehydes is 1. The summed E-state index contributed by atoms with van der Waals surface area (Å²) in [4.78, 5) is 10.4. The zero-order chi connectivity index (χ0) is 9.68. The van der Waals surface area contributed by atoms with Crippen LogP contribution in [0.15, 0.2) is 30.0 Å². The predicted molar refractivity (Wildman–Crippen MR) is 54.1 cm³/mol. The first-order valence-electron chi connectivity index (χ1n) is 3.97. The van der Waals surface area contributed by atoms with Crippen LogP contribution in [0.25, 0.3) is 6.08 Å². The quantitative estimate of drug-likeness (QED) is 0.420. The lowest BCUT2D eigenvalue weighted by Crippen LogP contribution is -2.08. The van der Waals surface area contributed by atoms with Crippen molar-refractivity contribution in [2.24, 2.45) is 0 Å². The summed E-state index contributed by atoms with van der Waals surface area (Å²) in [7, 11) is 5.13. The molecule has 0 aliphatic heterocycles. The van der Waals surface area contributed by atoms with Gasteiger partial charge in [0.15, 0.2) is 6.29 Å². The maximum absolute atomic E-state index is 10.4. The first-order valence-corrected chi connectivity index (χ1v) is 3.97. The maximum Gasteiger partial charge on any atom is 0.222 e. The van der Waals surface area contributed by atoms with Gasteiger partial charge in [-0.05, 0) is 24.1 Å². The molecule has 0 heterocycles. The summed E-state index contributed by atoms with van der Waals surface area (Å²) in [6.45, 7) is 1.98. The van der Waals surface area contributed by atoms with Crippen LogP contribution in [0, 0.1) is 6.92 Å². The standard InChI is InChI=1S/C10H10BNO/c1-8-4-2-3-5-9(8)6-10(7-13)12-11/h2-7,12H,1H3/b10-6-. The first-order chi connectivity index (χ1) is 6.27. The van der Waals surface area contributed by atoms with Gasteiger partial charge in [0.1, 0.15) is 0 Å². The fourth-order valence-electron chi connectivity index (χ4n) is 1.03. The normalized spacial score (nSPS) is 11.0. The molecule has 1 N–H and O–H groups in total. The predicted octanol–water partition coefficient (Wildman–Crippen LogP) is 1.21. The Balaban J connectivity index is 3.02. The lowest BCUT2D eigenvalue weighted by molar-refractivity contribution is -0.105. The Bertz CT molecular complexity index is 333. The van der Waals surface area contributed by atoms with Crippen molar-refractivity contribution in [3.05, 3.63) is 41.1 Å². The van der Waals surface area contributed by atoms with Crippen molar-refractivity contribution in [1.29, 1.82) is 0 Å². The van der Waals surface area contributed by atoms with E-state index in [9.17, 15) is 4.79 Å². The SMILES string of the molecule is [B]N/C(C=O)=C\c1ccccc1C. The number of carbonyl (C=O) groups excluding carboxylic acids is 1. The van der Waals surface area contributed by atoms with Crippen molar-refractivity contribution in [3.63, 3.8) is 0 Å². The number of aryl methyl sites for hydroxylation is 1. The Morgan fingerprint density at radius 3 is 2.69 bits per heavy atom. The van der Waals surface area contributed by atoms with Crippen LogP contribution in [0.2, 0.25) is 0 Å². The smallest absolute Gasteiger partial charge is 0.222 e. The van der Waals surface area contributed by atoms with E-state index in [-0.39, 0.29) is 0 Å². The molecule has 1 aromatic rings. The molecule has 0 fully saturated rings. The van der Waals surface area contributed by atoms with Crippen LogP contribution < -0.4 is 5.23 Å². The zero-order valence-electron chi connectivity index (χ0n) is 7.45. The summed E-state index contributed by atoms with van der Waals surface area (Å²) in [5.74, 6) is 0. The lowest BCUT2D eigenvalue weighted by Gasteiger charge is -2.01. The number of hydrogen-bond donors (Lipinski definition) is 1. The average Bonchev–Trinajstić information content (AvgIpc) is 2.17. The van der Waals surface area contributed by atoms with Gasteiger partial charge in [-0.25, -0.2) is 0 Å². The minimum absolute atomic E-state index is 0.370. The van der Waals surface area contributed by atoms with Gasteiger partial charge in [0.25, 0.3) is 0 Å². The van der Waals surface area contributed by atoms with E-state index in [1.165, 1.54) is 0 Å². The molecule has 0 aliphatic rings. The van der Waals surface area contributed by atoms with E-state index in [1.54, 1.807) is 6.08 Å². The Morgan fingerprint density at radius 1 is 1.46 bits per heavy atom. The molecule has 0 saturated carbocycles. The molecule has 0 unspecified atom stereocenters. The highest BCUT2D eigenvalue weighted by molar-refractivity contribution is 6.08. The van der Waals surface area contributed by atoms with E-state index >= 15 is 0 Å². The van der Waals surface area contributed by atoms with Gasteiger partial charge < -0.3 is 5.23 Å². The molecule has 0 saturated heterocycles. The van der Waals surface area contributed by atoms with Crippen molar-refractivity contribution in [2.45, 2.75) is 6.92 Å². The Kier molecular flexibility index (Phi) is 3.32. The van der Waals surface area contributed by atoms with Crippen LogP contribution in [0.4, 0.5) is 0 Å². The Labute approximate surface area is 79.1 Å². The van der Waals surface area contributed by atoms with Crippen LogP contribution >= 0.6 is 0 Å². The molecule has 0 spiro atoms. The molecule has 0 amide bonds. The molecule has 2 nitrogen and oxygen atoms in total. The molecule has 3 heteroatoms. The summed E-state index contributed by atoms with van der Waals surface area (Å²) in [5, 5.41) is 2.32. The highest BCUT2D eigenvalue weighted by atomic mass is 16.1. The molecule has 0 aromatic heterocycles. The summed E-state index contributed by atoms with van der Waals surface area (Å²) < 4.78 is 0. The van der Waals surface area contributed by atoms with E-state index in [0.717, 1.165) is 11.1 Å². The number of rotatable bonds is 3. The third kappa shape index (κ3) is 2.47. The number of allylic oxidation sites excluding steroid dienone is 1. The van der Waals surface area contributed by atoms with E-state index in [0.29, 0.717) is 12.0 Å². The molecule has 0 atom stereocenters. The molecule has 1 rings (SSSR count). The van der Waals surface area contributed by atoms with Gasteiger partial charge in [-0.15, -0.1) is 0 Å². The summed E-state index contributed by atoms with van der Waals surface area (Å²) in [5.41, 5.74) is 2.47. The van der Waals surface area contributed by atoms with Crippen LogP contribution in [0.1, 0.15) is 11.1 Å². The van der Waals surface area contributed by atoms with Crippen molar-refractivity contribution in [2.75, 3.05) is 0 Å². The lowest BCUT2D eigenvalue weighted by atomic mass is 10.1. The van der Waals surface area contributed by atoms with Crippen molar-refractivity contribution in [3.8, 4) is 0 Å². The van der Waals surface area contributed by atoms with Gasteiger partial charge in [-0.1, -0.05) is 24.3 Å².